The third kappa shape index (κ3) is 2.83. The molecular formula is C15H19BrN2. The van der Waals surface area contributed by atoms with Gasteiger partial charge in [0.25, 0.3) is 0 Å². The molecule has 96 valence electrons. The molecule has 0 amide bonds. The van der Waals surface area contributed by atoms with E-state index in [1.54, 1.807) is 0 Å². The van der Waals surface area contributed by atoms with Crippen LogP contribution in [-0.4, -0.2) is 18.1 Å². The molecule has 0 unspecified atom stereocenters. The largest absolute Gasteiger partial charge is 0.356 e. The first-order chi connectivity index (χ1) is 8.76. The fraction of sp³-hybridized carbons (Fsp3) is 0.400. The molecule has 0 aliphatic rings. The highest BCUT2D eigenvalue weighted by atomic mass is 79.9. The second kappa shape index (κ2) is 6.19. The van der Waals surface area contributed by atoms with Gasteiger partial charge < -0.3 is 4.90 Å². The average Bonchev–Trinajstić information content (AvgIpc) is 2.38. The maximum atomic E-state index is 4.59. The van der Waals surface area contributed by atoms with E-state index in [4.69, 9.17) is 0 Å². The zero-order valence-electron chi connectivity index (χ0n) is 11.0. The Morgan fingerprint density at radius 3 is 2.50 bits per heavy atom. The van der Waals surface area contributed by atoms with Gasteiger partial charge >= 0.3 is 0 Å². The van der Waals surface area contributed by atoms with Crippen LogP contribution in [0.25, 0.3) is 10.8 Å². The molecule has 0 fully saturated rings. The van der Waals surface area contributed by atoms with Gasteiger partial charge in [0.2, 0.25) is 0 Å². The van der Waals surface area contributed by atoms with E-state index in [1.807, 2.05) is 6.20 Å². The Morgan fingerprint density at radius 2 is 1.83 bits per heavy atom. The third-order valence-electron chi connectivity index (χ3n) is 2.99. The highest BCUT2D eigenvalue weighted by Gasteiger charge is 2.10. The predicted molar refractivity (Wildman–Crippen MR) is 82.2 cm³/mol. The summed E-state index contributed by atoms with van der Waals surface area (Å²) >= 11 is 3.55. The minimum absolute atomic E-state index is 1.06. The minimum atomic E-state index is 1.06. The zero-order valence-corrected chi connectivity index (χ0v) is 12.6. The van der Waals surface area contributed by atoms with E-state index in [9.17, 15) is 0 Å². The van der Waals surface area contributed by atoms with E-state index in [1.165, 1.54) is 10.8 Å². The quantitative estimate of drug-likeness (QED) is 0.801. The summed E-state index contributed by atoms with van der Waals surface area (Å²) in [6, 6.07) is 8.45. The molecule has 2 aromatic rings. The van der Waals surface area contributed by atoms with Gasteiger partial charge in [0.05, 0.1) is 0 Å². The smallest absolute Gasteiger partial charge is 0.136 e. The van der Waals surface area contributed by atoms with Gasteiger partial charge in [-0.2, -0.15) is 0 Å². The third-order valence-corrected chi connectivity index (χ3v) is 3.49. The van der Waals surface area contributed by atoms with Crippen molar-refractivity contribution in [2.75, 3.05) is 18.0 Å². The number of nitrogens with zero attached hydrogens (tertiary/aromatic N) is 2. The number of benzene rings is 1. The lowest BCUT2D eigenvalue weighted by molar-refractivity contribution is 0.737. The molecule has 1 aromatic heterocycles. The first-order valence-electron chi connectivity index (χ1n) is 6.55. The van der Waals surface area contributed by atoms with Crippen LogP contribution in [0.3, 0.4) is 0 Å². The van der Waals surface area contributed by atoms with Crippen molar-refractivity contribution in [3.63, 3.8) is 0 Å². The summed E-state index contributed by atoms with van der Waals surface area (Å²) in [6.07, 6.45) is 4.20. The van der Waals surface area contributed by atoms with Crippen LogP contribution < -0.4 is 4.90 Å². The van der Waals surface area contributed by atoms with Gasteiger partial charge in [-0.25, -0.2) is 4.98 Å². The molecule has 0 bridgehead atoms. The molecule has 1 heterocycles. The number of hydrogen-bond acceptors (Lipinski definition) is 2. The van der Waals surface area contributed by atoms with Crippen LogP contribution in [0, 0.1) is 0 Å². The van der Waals surface area contributed by atoms with Crippen molar-refractivity contribution < 1.29 is 0 Å². The molecule has 0 radical (unpaired) electrons. The molecule has 0 saturated carbocycles. The predicted octanol–water partition coefficient (Wildman–Crippen LogP) is 4.62. The molecule has 0 saturated heterocycles. The topological polar surface area (TPSA) is 16.1 Å². The lowest BCUT2D eigenvalue weighted by Crippen LogP contribution is -2.26. The number of aromatic nitrogens is 1. The Kier molecular flexibility index (Phi) is 4.59. The molecule has 0 aliphatic carbocycles. The maximum absolute atomic E-state index is 4.59. The fourth-order valence-corrected chi connectivity index (χ4v) is 2.60. The second-order valence-electron chi connectivity index (χ2n) is 4.49. The van der Waals surface area contributed by atoms with Gasteiger partial charge in [-0.15, -0.1) is 0 Å². The Morgan fingerprint density at radius 1 is 1.11 bits per heavy atom. The van der Waals surface area contributed by atoms with Crippen molar-refractivity contribution in [2.45, 2.75) is 26.7 Å². The molecule has 1 aromatic carbocycles. The summed E-state index contributed by atoms with van der Waals surface area (Å²) in [5.74, 6) is 1.11. The van der Waals surface area contributed by atoms with Gasteiger partial charge in [-0.05, 0) is 36.4 Å². The SMILES string of the molecule is CCCN(CCC)c1nccc2ccc(Br)cc12. The molecule has 0 N–H and O–H groups in total. The van der Waals surface area contributed by atoms with Crippen molar-refractivity contribution in [1.29, 1.82) is 0 Å². The van der Waals surface area contributed by atoms with Crippen molar-refractivity contribution in [3.05, 3.63) is 34.9 Å². The summed E-state index contributed by atoms with van der Waals surface area (Å²) in [7, 11) is 0. The summed E-state index contributed by atoms with van der Waals surface area (Å²) in [4.78, 5) is 6.97. The van der Waals surface area contributed by atoms with Gasteiger partial charge in [0, 0.05) is 29.1 Å². The number of halogens is 1. The van der Waals surface area contributed by atoms with E-state index in [-0.39, 0.29) is 0 Å². The Balaban J connectivity index is 2.50. The number of hydrogen-bond donors (Lipinski definition) is 0. The monoisotopic (exact) mass is 306 g/mol. The molecule has 0 spiro atoms. The molecule has 2 rings (SSSR count). The first-order valence-corrected chi connectivity index (χ1v) is 7.34. The molecule has 18 heavy (non-hydrogen) atoms. The fourth-order valence-electron chi connectivity index (χ4n) is 2.24. The van der Waals surface area contributed by atoms with Crippen molar-refractivity contribution in [3.8, 4) is 0 Å². The zero-order chi connectivity index (χ0) is 13.0. The minimum Gasteiger partial charge on any atom is -0.356 e. The summed E-state index contributed by atoms with van der Waals surface area (Å²) in [5.41, 5.74) is 0. The van der Waals surface area contributed by atoms with Crippen molar-refractivity contribution in [2.24, 2.45) is 0 Å². The maximum Gasteiger partial charge on any atom is 0.136 e. The molecule has 3 heteroatoms. The van der Waals surface area contributed by atoms with Gasteiger partial charge in [-0.1, -0.05) is 35.8 Å². The van der Waals surface area contributed by atoms with Crippen molar-refractivity contribution in [1.82, 2.24) is 4.98 Å². The van der Waals surface area contributed by atoms with Gasteiger partial charge in [0.15, 0.2) is 0 Å². The number of anilines is 1. The lowest BCUT2D eigenvalue weighted by atomic mass is 10.1. The molecule has 0 aliphatic heterocycles. The normalized spacial score (nSPS) is 10.8. The van der Waals surface area contributed by atoms with E-state index in [0.29, 0.717) is 0 Å². The van der Waals surface area contributed by atoms with Crippen LogP contribution in [0.2, 0.25) is 0 Å². The second-order valence-corrected chi connectivity index (χ2v) is 5.40. The van der Waals surface area contributed by atoms with Crippen LogP contribution in [-0.2, 0) is 0 Å². The number of rotatable bonds is 5. The van der Waals surface area contributed by atoms with Crippen molar-refractivity contribution >= 4 is 32.5 Å². The van der Waals surface area contributed by atoms with Crippen LogP contribution >= 0.6 is 15.9 Å². The highest BCUT2D eigenvalue weighted by Crippen LogP contribution is 2.27. The summed E-state index contributed by atoms with van der Waals surface area (Å²) < 4.78 is 1.11. The summed E-state index contributed by atoms with van der Waals surface area (Å²) in [5, 5.41) is 2.48. The molecular weight excluding hydrogens is 288 g/mol. The standard InChI is InChI=1S/C15H19BrN2/c1-3-9-18(10-4-2)15-14-11-13(16)6-5-12(14)7-8-17-15/h5-8,11H,3-4,9-10H2,1-2H3. The number of pyridine rings is 1. The Bertz CT molecular complexity index is 519. The van der Waals surface area contributed by atoms with Crippen LogP contribution in [0.1, 0.15) is 26.7 Å². The van der Waals surface area contributed by atoms with Crippen LogP contribution in [0.15, 0.2) is 34.9 Å². The molecule has 2 nitrogen and oxygen atoms in total. The Hall–Kier alpha value is -1.09. The van der Waals surface area contributed by atoms with Crippen LogP contribution in [0.5, 0.6) is 0 Å². The average molecular weight is 307 g/mol. The van der Waals surface area contributed by atoms with E-state index in [0.717, 1.165) is 36.2 Å². The van der Waals surface area contributed by atoms with Gasteiger partial charge in [0.1, 0.15) is 5.82 Å². The Labute approximate surface area is 117 Å². The van der Waals surface area contributed by atoms with E-state index in [2.05, 4.69) is 63.9 Å². The lowest BCUT2D eigenvalue weighted by Gasteiger charge is -2.24. The van der Waals surface area contributed by atoms with Crippen LogP contribution in [0.4, 0.5) is 5.82 Å². The highest BCUT2D eigenvalue weighted by molar-refractivity contribution is 9.10. The summed E-state index contributed by atoms with van der Waals surface area (Å²) in [6.45, 7) is 6.55. The van der Waals surface area contributed by atoms with E-state index < -0.39 is 0 Å². The molecule has 0 atom stereocenters. The number of fused-ring (bicyclic) bond motifs is 1. The van der Waals surface area contributed by atoms with Gasteiger partial charge in [-0.3, -0.25) is 0 Å². The first kappa shape index (κ1) is 13.3. The van der Waals surface area contributed by atoms with E-state index >= 15 is 0 Å².